The van der Waals surface area contributed by atoms with E-state index in [9.17, 15) is 0 Å². The highest BCUT2D eigenvalue weighted by molar-refractivity contribution is 7.27. The van der Waals surface area contributed by atoms with Crippen molar-refractivity contribution in [3.63, 3.8) is 0 Å². The molecule has 396 valence electrons. The quantitative estimate of drug-likeness (QED) is 0.165. The summed E-state index contributed by atoms with van der Waals surface area (Å²) in [6, 6.07) is 84.3. The topological polar surface area (TPSA) is 0 Å². The lowest BCUT2D eigenvalue weighted by molar-refractivity contribution is 0.636. The van der Waals surface area contributed by atoms with Crippen molar-refractivity contribution in [2.45, 2.75) is 57.8 Å². The van der Waals surface area contributed by atoms with Crippen molar-refractivity contribution in [2.75, 3.05) is 0 Å². The van der Waals surface area contributed by atoms with Crippen LogP contribution >= 0.6 is 34.0 Å². The van der Waals surface area contributed by atoms with Gasteiger partial charge in [-0.15, -0.1) is 34.0 Å². The van der Waals surface area contributed by atoms with Crippen LogP contribution in [0.2, 0.25) is 0 Å². The largest absolute Gasteiger partial charge is 0.135 e. The highest BCUT2D eigenvalue weighted by Crippen LogP contribution is 2.68. The summed E-state index contributed by atoms with van der Waals surface area (Å²) < 4.78 is 8.08. The molecule has 0 radical (unpaired) electrons. The van der Waals surface area contributed by atoms with Crippen molar-refractivity contribution in [1.82, 2.24) is 0 Å². The van der Waals surface area contributed by atoms with Crippen LogP contribution in [0.3, 0.4) is 0 Å². The van der Waals surface area contributed by atoms with Gasteiger partial charge in [0.25, 0.3) is 0 Å². The second kappa shape index (κ2) is 16.3. The Kier molecular flexibility index (Phi) is 9.29. The molecule has 16 aromatic rings. The second-order valence-corrected chi connectivity index (χ2v) is 28.9. The minimum absolute atomic E-state index is 0.303. The Bertz CT molecular complexity index is 5130. The Morgan fingerprint density at radius 1 is 0.250 bits per heavy atom. The first-order valence-corrected chi connectivity index (χ1v) is 32.1. The maximum absolute atomic E-state index is 2.60. The molecule has 0 saturated carbocycles. The minimum Gasteiger partial charge on any atom is -0.135 e. The van der Waals surface area contributed by atoms with Crippen molar-refractivity contribution in [3.8, 4) is 66.8 Å². The van der Waals surface area contributed by atoms with Crippen LogP contribution in [0.5, 0.6) is 0 Å². The third-order valence-corrected chi connectivity index (χ3v) is 24.0. The van der Waals surface area contributed by atoms with Crippen LogP contribution in [0.15, 0.2) is 218 Å². The lowest BCUT2D eigenvalue weighted by Gasteiger charge is -2.31. The molecule has 0 fully saturated rings. The molecule has 84 heavy (non-hydrogen) atoms. The molecule has 3 aliphatic carbocycles. The van der Waals surface area contributed by atoms with Crippen molar-refractivity contribution in [2.24, 2.45) is 0 Å². The lowest BCUT2D eigenvalue weighted by atomic mass is 9.71. The van der Waals surface area contributed by atoms with Crippen LogP contribution in [0.1, 0.15) is 74.9 Å². The van der Waals surface area contributed by atoms with Gasteiger partial charge in [0, 0.05) is 76.8 Å². The Balaban J connectivity index is 0.885. The molecule has 3 aliphatic rings. The Hall–Kier alpha value is -8.70. The molecule has 0 aliphatic heterocycles. The number of thiophene rings is 3. The van der Waals surface area contributed by atoms with Crippen molar-refractivity contribution < 1.29 is 0 Å². The molecule has 0 saturated heterocycles. The number of hydrogen-bond acceptors (Lipinski definition) is 3. The molecule has 19 rings (SSSR count). The van der Waals surface area contributed by atoms with E-state index in [0.29, 0.717) is 0 Å². The van der Waals surface area contributed by atoms with Gasteiger partial charge in [0.1, 0.15) is 0 Å². The van der Waals surface area contributed by atoms with Gasteiger partial charge in [-0.1, -0.05) is 224 Å². The van der Waals surface area contributed by atoms with E-state index in [1.54, 1.807) is 0 Å². The van der Waals surface area contributed by atoms with Crippen LogP contribution < -0.4 is 0 Å². The first-order chi connectivity index (χ1) is 40.9. The monoisotopic (exact) mass is 1120 g/mol. The molecule has 3 heteroatoms. The summed E-state index contributed by atoms with van der Waals surface area (Å²) in [4.78, 5) is 0. The van der Waals surface area contributed by atoms with Gasteiger partial charge in [-0.25, -0.2) is 0 Å². The minimum atomic E-state index is -0.303. The standard InChI is InChI=1S/C81H54S3/c1-79(2)61-34-28-46(52-22-13-25-55-67-49-19-10-7-16-43(49)31-37-64(67)82-76(52)55)40-58(61)70-73(79)71-59-41-47(53-23-14-26-56-68-50-20-11-8-17-44(50)32-38-65(68)83-77(53)56)29-35-62(59)80(3,4)75(71)72-60-42-48(30-36-63(60)81(5,6)74(70)72)54-24-15-27-57-69-51-21-12-9-18-45(51)33-39-66(69)84-78(54)57/h7-42H,1-6H3. The van der Waals surface area contributed by atoms with E-state index in [1.807, 2.05) is 34.0 Å². The summed E-state index contributed by atoms with van der Waals surface area (Å²) in [6.07, 6.45) is 0. The van der Waals surface area contributed by atoms with Crippen LogP contribution in [-0.2, 0) is 16.2 Å². The zero-order valence-electron chi connectivity index (χ0n) is 47.5. The first kappa shape index (κ1) is 47.8. The maximum atomic E-state index is 2.60. The fourth-order valence-corrected chi connectivity index (χ4v) is 20.4. The van der Waals surface area contributed by atoms with E-state index in [-0.39, 0.29) is 16.2 Å². The summed E-state index contributed by atoms with van der Waals surface area (Å²) in [5.41, 5.74) is 24.0. The number of benzene rings is 13. The molecular formula is C81H54S3. The van der Waals surface area contributed by atoms with Gasteiger partial charge >= 0.3 is 0 Å². The summed E-state index contributed by atoms with van der Waals surface area (Å²) in [6.45, 7) is 15.2. The maximum Gasteiger partial charge on any atom is 0.0434 e. The average Bonchev–Trinajstić information content (AvgIpc) is 1.51. The zero-order valence-corrected chi connectivity index (χ0v) is 50.0. The molecule has 0 N–H and O–H groups in total. The third kappa shape index (κ3) is 6.02. The van der Waals surface area contributed by atoms with E-state index in [2.05, 4.69) is 260 Å². The molecule has 0 unspecified atom stereocenters. The fourth-order valence-electron chi connectivity index (χ4n) is 16.6. The van der Waals surface area contributed by atoms with E-state index in [1.165, 1.54) is 193 Å². The summed E-state index contributed by atoms with van der Waals surface area (Å²) >= 11 is 5.82. The number of hydrogen-bond donors (Lipinski definition) is 0. The van der Waals surface area contributed by atoms with E-state index in [4.69, 9.17) is 0 Å². The molecule has 0 bridgehead atoms. The second-order valence-electron chi connectivity index (χ2n) is 25.7. The number of fused-ring (bicyclic) bond motifs is 27. The van der Waals surface area contributed by atoms with E-state index in [0.717, 1.165) is 0 Å². The summed E-state index contributed by atoms with van der Waals surface area (Å²) in [7, 11) is 0. The molecule has 3 aromatic heterocycles. The number of rotatable bonds is 3. The van der Waals surface area contributed by atoms with Gasteiger partial charge in [0.05, 0.1) is 0 Å². The highest BCUT2D eigenvalue weighted by atomic mass is 32.1. The molecule has 13 aromatic carbocycles. The van der Waals surface area contributed by atoms with Gasteiger partial charge in [0.15, 0.2) is 0 Å². The molecule has 3 heterocycles. The zero-order chi connectivity index (χ0) is 55.9. The summed E-state index contributed by atoms with van der Waals surface area (Å²) in [5, 5.41) is 16.0. The van der Waals surface area contributed by atoms with Crippen molar-refractivity contribution in [1.29, 1.82) is 0 Å². The molecular weight excluding hydrogens is 1070 g/mol. The predicted molar refractivity (Wildman–Crippen MR) is 367 cm³/mol. The highest BCUT2D eigenvalue weighted by Gasteiger charge is 2.52. The Morgan fingerprint density at radius 3 is 0.845 bits per heavy atom. The third-order valence-electron chi connectivity index (χ3n) is 20.4. The van der Waals surface area contributed by atoms with Gasteiger partial charge in [-0.3, -0.25) is 0 Å². The van der Waals surface area contributed by atoms with Gasteiger partial charge in [-0.2, -0.15) is 0 Å². The molecule has 0 nitrogen and oxygen atoms in total. The van der Waals surface area contributed by atoms with Crippen LogP contribution in [0, 0.1) is 0 Å². The smallest absolute Gasteiger partial charge is 0.0434 e. The van der Waals surface area contributed by atoms with Gasteiger partial charge in [0.2, 0.25) is 0 Å². The fraction of sp³-hybridized carbons (Fsp3) is 0.111. The van der Waals surface area contributed by atoms with Crippen LogP contribution in [0.25, 0.3) is 160 Å². The van der Waals surface area contributed by atoms with Crippen molar-refractivity contribution >= 4 is 127 Å². The first-order valence-electron chi connectivity index (χ1n) is 29.6. The molecule has 0 amide bonds. The molecule has 0 spiro atoms. The lowest BCUT2D eigenvalue weighted by Crippen LogP contribution is -2.22. The van der Waals surface area contributed by atoms with Crippen LogP contribution in [-0.4, -0.2) is 0 Å². The van der Waals surface area contributed by atoms with Gasteiger partial charge in [-0.05, 0) is 169 Å². The molecule has 0 atom stereocenters. The van der Waals surface area contributed by atoms with Crippen LogP contribution in [0.4, 0.5) is 0 Å². The van der Waals surface area contributed by atoms with E-state index >= 15 is 0 Å². The normalized spacial score (nSPS) is 15.1. The van der Waals surface area contributed by atoms with Crippen molar-refractivity contribution in [3.05, 3.63) is 252 Å². The van der Waals surface area contributed by atoms with Gasteiger partial charge < -0.3 is 0 Å². The Labute approximate surface area is 499 Å². The average molecular weight is 1120 g/mol. The Morgan fingerprint density at radius 2 is 0.536 bits per heavy atom. The van der Waals surface area contributed by atoms with E-state index < -0.39 is 0 Å². The predicted octanol–water partition coefficient (Wildman–Crippen LogP) is 24.2. The SMILES string of the molecule is CC1(C)c2ccc(-c3cccc4c3sc3ccc5ccccc5c34)cc2-c2c1c1c(c3c2C(C)(C)c2ccc(-c4cccc5c4sc4ccc6ccccc6c45)cc2-3)C(C)(C)c2ccc(-c3cccc4c3sc3ccc5ccccc5c34)cc2-1. The summed E-state index contributed by atoms with van der Waals surface area (Å²) in [5.74, 6) is 0.